The molecule has 10 nitrogen and oxygen atoms in total. The number of para-hydroxylation sites is 1. The molecule has 0 spiro atoms. The average Bonchev–Trinajstić information content (AvgIpc) is 3.21. The van der Waals surface area contributed by atoms with Gasteiger partial charge in [0, 0.05) is 46.8 Å². The molecule has 0 aromatic heterocycles. The Balaban J connectivity index is 1.67. The number of amides is 2. The topological polar surface area (TPSA) is 142 Å². The summed E-state index contributed by atoms with van der Waals surface area (Å²) in [4.78, 5) is 25.9. The van der Waals surface area contributed by atoms with E-state index in [2.05, 4.69) is 73.4 Å². The highest BCUT2D eigenvalue weighted by Gasteiger charge is 2.38. The first-order chi connectivity index (χ1) is 22.3. The van der Waals surface area contributed by atoms with Gasteiger partial charge in [-0.3, -0.25) is 14.8 Å². The van der Waals surface area contributed by atoms with Gasteiger partial charge in [-0.05, 0) is 82.4 Å². The first-order valence-corrected chi connectivity index (χ1v) is 17.9. The van der Waals surface area contributed by atoms with Crippen molar-refractivity contribution in [2.24, 2.45) is 0 Å². The summed E-state index contributed by atoms with van der Waals surface area (Å²) in [6.45, 7) is 21.7. The molecule has 0 radical (unpaired) electrons. The number of anilines is 1. The van der Waals surface area contributed by atoms with Gasteiger partial charge in [0.2, 0.25) is 5.91 Å². The van der Waals surface area contributed by atoms with Crippen molar-refractivity contribution in [1.82, 2.24) is 10.9 Å². The highest BCUT2D eigenvalue weighted by molar-refractivity contribution is 7.85. The van der Waals surface area contributed by atoms with Crippen molar-refractivity contribution in [3.05, 3.63) is 89.7 Å². The molecule has 0 atom stereocenters. The van der Waals surface area contributed by atoms with Crippen molar-refractivity contribution in [3.8, 4) is 0 Å². The van der Waals surface area contributed by atoms with Gasteiger partial charge >= 0.3 is 6.09 Å². The van der Waals surface area contributed by atoms with Gasteiger partial charge in [0.15, 0.2) is 0 Å². The van der Waals surface area contributed by atoms with Gasteiger partial charge in [-0.25, -0.2) is 10.2 Å². The van der Waals surface area contributed by atoms with Crippen molar-refractivity contribution in [2.75, 3.05) is 18.0 Å². The maximum atomic E-state index is 12.1. The molecule has 2 aromatic carbocycles. The molecule has 0 unspecified atom stereocenters. The zero-order chi connectivity index (χ0) is 35.9. The van der Waals surface area contributed by atoms with E-state index in [1.807, 2.05) is 31.3 Å². The average molecular weight is 682 g/mol. The van der Waals surface area contributed by atoms with Crippen LogP contribution in [-0.4, -0.2) is 43.7 Å². The lowest BCUT2D eigenvalue weighted by molar-refractivity contribution is -0.572. The molecule has 2 amide bonds. The van der Waals surface area contributed by atoms with Crippen molar-refractivity contribution >= 4 is 33.5 Å². The van der Waals surface area contributed by atoms with Crippen LogP contribution in [0.2, 0.25) is 0 Å². The Morgan fingerprint density at radius 1 is 1.04 bits per heavy atom. The Labute approximate surface area is 286 Å². The number of rotatable bonds is 13. The number of hydrazine groups is 1. The number of benzene rings is 2. The number of unbranched alkanes of at least 4 members (excludes halogenated alkanes) is 2. The molecule has 1 aliphatic rings. The molecule has 0 saturated heterocycles. The molecule has 0 fully saturated rings. The quantitative estimate of drug-likeness (QED) is 0.0636. The molecule has 0 aliphatic carbocycles. The normalized spacial score (nSPS) is 15.4. The maximum Gasteiger partial charge on any atom is 0.426 e. The minimum atomic E-state index is -4.41. The van der Waals surface area contributed by atoms with Crippen LogP contribution in [0, 0.1) is 0 Å². The summed E-state index contributed by atoms with van der Waals surface area (Å²) in [5.41, 5.74) is 9.16. The number of hydrogen-bond donors (Lipinski definition) is 4. The summed E-state index contributed by atoms with van der Waals surface area (Å²) in [6, 6.07) is 13.1. The molecule has 1 heterocycles. The summed E-state index contributed by atoms with van der Waals surface area (Å²) >= 11 is 0. The molecule has 262 valence electrons. The smallest absolute Gasteiger partial charge is 0.426 e. The number of ether oxygens (including phenoxy) is 1. The van der Waals surface area contributed by atoms with Crippen LogP contribution in [0.4, 0.5) is 16.2 Å². The first kappa shape index (κ1) is 38.5. The Morgan fingerprint density at radius 2 is 1.73 bits per heavy atom. The Kier molecular flexibility index (Phi) is 12.5. The number of quaternary nitrogens is 1. The number of nitrogens with zero attached hydrogens (tertiary/aromatic N) is 1. The summed E-state index contributed by atoms with van der Waals surface area (Å²) in [6.07, 6.45) is 7.83. The third kappa shape index (κ3) is 9.81. The lowest BCUT2D eigenvalue weighted by Crippen LogP contribution is -2.78. The lowest BCUT2D eigenvalue weighted by atomic mass is 9.77. The monoisotopic (exact) mass is 681 g/mol. The fourth-order valence-corrected chi connectivity index (χ4v) is 6.39. The van der Waals surface area contributed by atoms with Crippen molar-refractivity contribution in [1.29, 1.82) is 0 Å². The van der Waals surface area contributed by atoms with Crippen LogP contribution in [0.25, 0.3) is 0 Å². The molecule has 48 heavy (non-hydrogen) atoms. The zero-order valence-electron chi connectivity index (χ0n) is 29.6. The van der Waals surface area contributed by atoms with Crippen LogP contribution >= 0.6 is 0 Å². The van der Waals surface area contributed by atoms with Crippen molar-refractivity contribution in [3.63, 3.8) is 0 Å². The summed E-state index contributed by atoms with van der Waals surface area (Å²) in [7, 11) is -4.41. The molecule has 0 saturated carbocycles. The highest BCUT2D eigenvalue weighted by Crippen LogP contribution is 2.47. The van der Waals surface area contributed by atoms with Crippen molar-refractivity contribution in [2.45, 2.75) is 102 Å². The summed E-state index contributed by atoms with van der Waals surface area (Å²) < 4.78 is 39.1. The molecular formula is C37H53N4O6S+. The lowest BCUT2D eigenvalue weighted by Gasteiger charge is -2.28. The van der Waals surface area contributed by atoms with Gasteiger partial charge in [0.25, 0.3) is 10.1 Å². The minimum absolute atomic E-state index is 0.166. The van der Waals surface area contributed by atoms with Gasteiger partial charge in [-0.2, -0.15) is 8.42 Å². The van der Waals surface area contributed by atoms with Crippen LogP contribution in [0.1, 0.15) is 92.2 Å². The van der Waals surface area contributed by atoms with E-state index in [-0.39, 0.29) is 22.6 Å². The largest absolute Gasteiger partial charge is 0.443 e. The van der Waals surface area contributed by atoms with Gasteiger partial charge < -0.3 is 15.0 Å². The standard InChI is InChI=1S/C37H52N4O6S/c1-10-41-31-19-14-13-18-28(31)37(8,9)32(41)20-16-17-26(2)36(6,7)29-25-27(48(44,45)46)22-23-30(29)38-24-15-11-12-21-33(42)39-40-34(43)47-35(3,4)5/h13-14,16-20,22-23,25,38H,2,10-12,15,21,24H2,1,3-9H3,(H,39,42)(H,40,43)(H,44,45,46)/p+1/b17-16+,32-20+. The number of carbonyl (C=O) groups is 2. The number of nitrogens with one attached hydrogen (secondary N) is 2. The third-order valence-electron chi connectivity index (χ3n) is 8.64. The second-order valence-electron chi connectivity index (χ2n) is 14.2. The van der Waals surface area contributed by atoms with E-state index in [1.54, 1.807) is 26.8 Å². The molecular weight excluding hydrogens is 628 g/mol. The van der Waals surface area contributed by atoms with E-state index in [4.69, 9.17) is 4.74 Å². The fraction of sp³-hybridized carbons (Fsp3) is 0.459. The summed E-state index contributed by atoms with van der Waals surface area (Å²) in [5.74, 6) is -0.305. The summed E-state index contributed by atoms with van der Waals surface area (Å²) in [5, 5.41) is 2.05. The number of nitrogens with two attached hydrogens (primary N) is 1. The van der Waals surface area contributed by atoms with E-state index in [0.29, 0.717) is 13.0 Å². The van der Waals surface area contributed by atoms with Gasteiger partial charge in [-0.15, -0.1) is 0 Å². The second kappa shape index (κ2) is 15.5. The number of fused-ring (bicyclic) bond motifs is 1. The van der Waals surface area contributed by atoms with Gasteiger partial charge in [-0.1, -0.05) is 64.6 Å². The first-order valence-electron chi connectivity index (χ1n) is 16.5. The van der Waals surface area contributed by atoms with Crippen LogP contribution in [0.15, 0.2) is 83.4 Å². The molecule has 2 aromatic rings. The zero-order valence-corrected chi connectivity index (χ0v) is 30.5. The highest BCUT2D eigenvalue weighted by atomic mass is 32.2. The van der Waals surface area contributed by atoms with Crippen LogP contribution in [-0.2, 0) is 30.5 Å². The number of likely N-dealkylation sites (N-methyl/N-ethyl adjacent to an activating group) is 1. The van der Waals surface area contributed by atoms with E-state index >= 15 is 0 Å². The fourth-order valence-electron chi connectivity index (χ4n) is 5.88. The van der Waals surface area contributed by atoms with Crippen LogP contribution in [0.3, 0.4) is 0 Å². The van der Waals surface area contributed by atoms with Gasteiger partial charge in [0.1, 0.15) is 11.3 Å². The number of hydrogen-bond acceptors (Lipinski definition) is 6. The SMILES string of the molecule is C=C(/C=C/C=C1/N(CC)c2ccccc2C1(C)C)C(C)(C)c1cc(S(=O)(=O)O)ccc1[NH2+]CCCCCC(=O)NNC(=O)OC(C)(C)C. The number of allylic oxidation sites excluding steroid dienone is 5. The molecule has 11 heteroatoms. The van der Waals surface area contributed by atoms with Crippen LogP contribution < -0.4 is 21.1 Å². The Hall–Kier alpha value is -3.93. The number of carbonyl (C=O) groups excluding carboxylic acids is 2. The van der Waals surface area contributed by atoms with E-state index in [1.165, 1.54) is 29.1 Å². The van der Waals surface area contributed by atoms with E-state index in [9.17, 15) is 22.6 Å². The third-order valence-corrected chi connectivity index (χ3v) is 9.49. The molecule has 0 bridgehead atoms. The van der Waals surface area contributed by atoms with Crippen LogP contribution in [0.5, 0.6) is 0 Å². The molecule has 1 aliphatic heterocycles. The minimum Gasteiger partial charge on any atom is -0.443 e. The van der Waals surface area contributed by atoms with E-state index < -0.39 is 27.2 Å². The van der Waals surface area contributed by atoms with Gasteiger partial charge in [0.05, 0.1) is 11.4 Å². The maximum absolute atomic E-state index is 12.1. The Morgan fingerprint density at radius 3 is 2.38 bits per heavy atom. The second-order valence-corrected chi connectivity index (χ2v) is 15.6. The predicted octanol–water partition coefficient (Wildman–Crippen LogP) is 6.34. The molecule has 3 rings (SSSR count). The predicted molar refractivity (Wildman–Crippen MR) is 191 cm³/mol. The Bertz CT molecular complexity index is 1670. The van der Waals surface area contributed by atoms with E-state index in [0.717, 1.165) is 36.2 Å². The van der Waals surface area contributed by atoms with Crippen molar-refractivity contribution < 1.29 is 32.6 Å². The molecule has 5 N–H and O–H groups in total.